The Hall–Kier alpha value is -2.77. The lowest BCUT2D eigenvalue weighted by molar-refractivity contribution is 0.0691. The summed E-state index contributed by atoms with van der Waals surface area (Å²) >= 11 is 0. The number of H-pyrrole nitrogens is 1. The predicted molar refractivity (Wildman–Crippen MR) is 116 cm³/mol. The van der Waals surface area contributed by atoms with Gasteiger partial charge in [-0.2, -0.15) is 0 Å². The van der Waals surface area contributed by atoms with E-state index in [4.69, 9.17) is 0 Å². The Morgan fingerprint density at radius 2 is 1.97 bits per heavy atom. The first-order valence-electron chi connectivity index (χ1n) is 9.39. The maximum atomic E-state index is 12.2. The van der Waals surface area contributed by atoms with Gasteiger partial charge in [-0.3, -0.25) is 4.79 Å². The van der Waals surface area contributed by atoms with E-state index in [1.165, 1.54) is 0 Å². The summed E-state index contributed by atoms with van der Waals surface area (Å²) in [6.45, 7) is 5.64. The van der Waals surface area contributed by atoms with Crippen LogP contribution in [0.1, 0.15) is 41.9 Å². The zero-order valence-corrected chi connectivity index (χ0v) is 17.5. The average molecular weight is 420 g/mol. The number of pyridine rings is 1. The number of nitrogens with zero attached hydrogens (tertiary/aromatic N) is 1. The molecular weight excluding hydrogens is 394 g/mol. The Morgan fingerprint density at radius 3 is 2.59 bits per heavy atom. The molecule has 2 aromatic heterocycles. The monoisotopic (exact) mass is 419 g/mol. The lowest BCUT2D eigenvalue weighted by Crippen LogP contribution is -2.20. The van der Waals surface area contributed by atoms with Crippen molar-refractivity contribution < 1.29 is 15.0 Å². The van der Waals surface area contributed by atoms with Crippen LogP contribution in [0.15, 0.2) is 29.1 Å². The fourth-order valence-electron chi connectivity index (χ4n) is 3.54. The topological polar surface area (TPSA) is 107 Å². The number of aromatic amines is 1. The minimum Gasteiger partial charge on any atom is -0.506 e. The number of carboxylic acids is 1. The van der Waals surface area contributed by atoms with Gasteiger partial charge in [0.2, 0.25) is 0 Å². The molecule has 0 bridgehead atoms. The van der Waals surface area contributed by atoms with Gasteiger partial charge in [-0.25, -0.2) is 4.79 Å². The third-order valence-electron chi connectivity index (χ3n) is 5.02. The summed E-state index contributed by atoms with van der Waals surface area (Å²) in [7, 11) is 2.01. The van der Waals surface area contributed by atoms with Gasteiger partial charge in [-0.05, 0) is 43.1 Å². The van der Waals surface area contributed by atoms with Crippen LogP contribution < -0.4 is 10.9 Å². The van der Waals surface area contributed by atoms with Crippen LogP contribution in [0.4, 0.5) is 0 Å². The van der Waals surface area contributed by atoms with Crippen LogP contribution in [0, 0.1) is 0 Å². The molecule has 29 heavy (non-hydrogen) atoms. The molecule has 156 valence electrons. The fourth-order valence-corrected chi connectivity index (χ4v) is 3.54. The first-order chi connectivity index (χ1) is 13.4. The Labute approximate surface area is 174 Å². The van der Waals surface area contributed by atoms with Crippen molar-refractivity contribution in [3.8, 4) is 17.0 Å². The van der Waals surface area contributed by atoms with Crippen molar-refractivity contribution in [2.75, 3.05) is 6.54 Å². The second-order valence-electron chi connectivity index (χ2n) is 6.84. The quantitative estimate of drug-likeness (QED) is 0.439. The van der Waals surface area contributed by atoms with Gasteiger partial charge in [0.15, 0.2) is 5.56 Å². The zero-order valence-electron chi connectivity index (χ0n) is 16.7. The SMILES string of the molecule is CCCNCc1cc2cc(-c3[nH]c(=O)c(C(=O)O)c(O)c3CC)ccc2n1C.Cl. The van der Waals surface area contributed by atoms with Crippen LogP contribution in [0.2, 0.25) is 0 Å². The molecule has 0 aliphatic carbocycles. The van der Waals surface area contributed by atoms with Crippen molar-refractivity contribution in [3.05, 3.63) is 51.4 Å². The number of carbonyl (C=O) groups is 1. The first-order valence-corrected chi connectivity index (χ1v) is 9.39. The third-order valence-corrected chi connectivity index (χ3v) is 5.02. The van der Waals surface area contributed by atoms with Crippen molar-refractivity contribution in [3.63, 3.8) is 0 Å². The molecule has 1 aromatic carbocycles. The van der Waals surface area contributed by atoms with Gasteiger partial charge in [0.1, 0.15) is 5.75 Å². The number of carboxylic acid groups (broad SMARTS) is 1. The van der Waals surface area contributed by atoms with E-state index in [0.29, 0.717) is 17.7 Å². The van der Waals surface area contributed by atoms with E-state index in [2.05, 4.69) is 27.9 Å². The second kappa shape index (κ2) is 9.15. The molecule has 0 aliphatic rings. The third kappa shape index (κ3) is 4.16. The zero-order chi connectivity index (χ0) is 20.4. The number of aromatic nitrogens is 2. The number of rotatable bonds is 7. The standard InChI is InChI=1S/C21H25N3O4.ClH/c1-4-8-22-11-14-10-13-9-12(6-7-16(13)24(14)3)18-15(5-2)19(25)17(21(27)28)20(26)23-18;/h6-7,9-10,22H,4-5,8,11H2,1-3H3,(H,27,28)(H2,23,25,26);1H. The summed E-state index contributed by atoms with van der Waals surface area (Å²) < 4.78 is 2.12. The number of aryl methyl sites for hydroxylation is 1. The summed E-state index contributed by atoms with van der Waals surface area (Å²) in [5, 5.41) is 24.0. The lowest BCUT2D eigenvalue weighted by Gasteiger charge is -2.12. The Kier molecular flexibility index (Phi) is 7.11. The summed E-state index contributed by atoms with van der Waals surface area (Å²) in [5.41, 5.74) is 2.37. The number of hydrogen-bond acceptors (Lipinski definition) is 4. The molecule has 0 unspecified atom stereocenters. The molecule has 0 fully saturated rings. The maximum Gasteiger partial charge on any atom is 0.345 e. The first kappa shape index (κ1) is 22.5. The van der Waals surface area contributed by atoms with Crippen LogP contribution in [0.5, 0.6) is 5.75 Å². The number of aromatic carboxylic acids is 1. The van der Waals surface area contributed by atoms with Crippen LogP contribution in [-0.4, -0.2) is 32.3 Å². The number of aromatic hydroxyl groups is 1. The number of benzene rings is 1. The van der Waals surface area contributed by atoms with Crippen LogP contribution >= 0.6 is 12.4 Å². The number of fused-ring (bicyclic) bond motifs is 1. The molecule has 3 rings (SSSR count). The Morgan fingerprint density at radius 1 is 1.24 bits per heavy atom. The molecular formula is C21H26ClN3O4. The molecule has 0 saturated carbocycles. The molecule has 0 aliphatic heterocycles. The average Bonchev–Trinajstić information content (AvgIpc) is 2.96. The molecule has 0 saturated heterocycles. The summed E-state index contributed by atoms with van der Waals surface area (Å²) in [4.78, 5) is 26.1. The van der Waals surface area contributed by atoms with Gasteiger partial charge in [0.05, 0.1) is 5.69 Å². The molecule has 0 radical (unpaired) electrons. The molecule has 2 heterocycles. The molecule has 0 atom stereocenters. The van der Waals surface area contributed by atoms with E-state index in [-0.39, 0.29) is 12.4 Å². The van der Waals surface area contributed by atoms with Crippen LogP contribution in [0.25, 0.3) is 22.2 Å². The van der Waals surface area contributed by atoms with E-state index >= 15 is 0 Å². The second-order valence-corrected chi connectivity index (χ2v) is 6.84. The van der Waals surface area contributed by atoms with Crippen molar-refractivity contribution in [2.45, 2.75) is 33.2 Å². The smallest absolute Gasteiger partial charge is 0.345 e. The maximum absolute atomic E-state index is 12.2. The lowest BCUT2D eigenvalue weighted by atomic mass is 9.99. The van der Waals surface area contributed by atoms with Crippen molar-refractivity contribution >= 4 is 29.3 Å². The highest BCUT2D eigenvalue weighted by Crippen LogP contribution is 2.32. The van der Waals surface area contributed by atoms with E-state index < -0.39 is 22.8 Å². The molecule has 7 nitrogen and oxygen atoms in total. The van der Waals surface area contributed by atoms with E-state index in [0.717, 1.165) is 41.7 Å². The van der Waals surface area contributed by atoms with E-state index in [1.54, 1.807) is 6.92 Å². The predicted octanol–water partition coefficient (Wildman–Crippen LogP) is 3.42. The van der Waals surface area contributed by atoms with Crippen LogP contribution in [-0.2, 0) is 20.0 Å². The largest absolute Gasteiger partial charge is 0.506 e. The number of hydrogen-bond donors (Lipinski definition) is 4. The molecule has 4 N–H and O–H groups in total. The van der Waals surface area contributed by atoms with Gasteiger partial charge in [-0.15, -0.1) is 12.4 Å². The van der Waals surface area contributed by atoms with Gasteiger partial charge < -0.3 is 25.1 Å². The minimum atomic E-state index is -1.44. The highest BCUT2D eigenvalue weighted by molar-refractivity contribution is 5.92. The Bertz CT molecular complexity index is 1100. The minimum absolute atomic E-state index is 0. The summed E-state index contributed by atoms with van der Waals surface area (Å²) in [5.74, 6) is -1.91. The molecule has 3 aromatic rings. The van der Waals surface area contributed by atoms with Crippen molar-refractivity contribution in [1.29, 1.82) is 0 Å². The van der Waals surface area contributed by atoms with Gasteiger partial charge in [-0.1, -0.05) is 19.9 Å². The number of nitrogens with one attached hydrogen (secondary N) is 2. The van der Waals surface area contributed by atoms with E-state index in [1.807, 2.05) is 25.2 Å². The molecule has 0 amide bonds. The van der Waals surface area contributed by atoms with Gasteiger partial charge in [0.25, 0.3) is 5.56 Å². The number of halogens is 1. The van der Waals surface area contributed by atoms with Crippen molar-refractivity contribution in [2.24, 2.45) is 7.05 Å². The Balaban J connectivity index is 0.00000300. The highest BCUT2D eigenvalue weighted by Gasteiger charge is 2.22. The van der Waals surface area contributed by atoms with Crippen molar-refractivity contribution in [1.82, 2.24) is 14.9 Å². The highest BCUT2D eigenvalue weighted by atomic mass is 35.5. The normalized spacial score (nSPS) is 10.9. The van der Waals surface area contributed by atoms with E-state index in [9.17, 15) is 19.8 Å². The molecule has 0 spiro atoms. The fraction of sp³-hybridized carbons (Fsp3) is 0.333. The molecule has 8 heteroatoms. The summed E-state index contributed by atoms with van der Waals surface area (Å²) in [6.07, 6.45) is 1.45. The summed E-state index contributed by atoms with van der Waals surface area (Å²) in [6, 6.07) is 7.88. The van der Waals surface area contributed by atoms with Crippen LogP contribution in [0.3, 0.4) is 0 Å². The van der Waals surface area contributed by atoms with Gasteiger partial charge in [0, 0.05) is 35.8 Å². The van der Waals surface area contributed by atoms with Gasteiger partial charge >= 0.3 is 5.97 Å².